The second-order valence-corrected chi connectivity index (χ2v) is 4.95. The normalized spacial score (nSPS) is 11.0. The van der Waals surface area contributed by atoms with Gasteiger partial charge >= 0.3 is 0 Å². The van der Waals surface area contributed by atoms with Crippen molar-refractivity contribution in [3.05, 3.63) is 46.0 Å². The number of aryl methyl sites for hydroxylation is 1. The molecule has 2 heterocycles. The number of fused-ring (bicyclic) bond motifs is 1. The number of hydrogen-bond acceptors (Lipinski definition) is 6. The average molecular weight is 273 g/mol. The van der Waals surface area contributed by atoms with Crippen molar-refractivity contribution in [1.29, 1.82) is 0 Å². The first-order chi connectivity index (χ1) is 9.16. The Morgan fingerprint density at radius 2 is 2.16 bits per heavy atom. The number of benzene rings is 1. The molecule has 0 atom stereocenters. The zero-order valence-corrected chi connectivity index (χ0v) is 11.0. The molecule has 2 N–H and O–H groups in total. The van der Waals surface area contributed by atoms with E-state index in [0.29, 0.717) is 22.9 Å². The zero-order valence-electron chi connectivity index (χ0n) is 10.2. The summed E-state index contributed by atoms with van der Waals surface area (Å²) in [5, 5.41) is 4.48. The number of nitrogen functional groups attached to an aromatic ring is 1. The molecule has 0 spiro atoms. The monoisotopic (exact) mass is 273 g/mol. The molecular formula is C12H11N5OS. The van der Waals surface area contributed by atoms with E-state index in [9.17, 15) is 4.79 Å². The maximum atomic E-state index is 12.2. The fraction of sp³-hybridized carbons (Fsp3) is 0.167. The van der Waals surface area contributed by atoms with Crippen LogP contribution >= 0.6 is 11.5 Å². The maximum absolute atomic E-state index is 12.2. The van der Waals surface area contributed by atoms with E-state index in [4.69, 9.17) is 5.73 Å². The molecule has 0 aliphatic rings. The highest BCUT2D eigenvalue weighted by Crippen LogP contribution is 2.16. The predicted molar refractivity (Wildman–Crippen MR) is 74.2 cm³/mol. The smallest absolute Gasteiger partial charge is 0.272 e. The maximum Gasteiger partial charge on any atom is 0.272 e. The summed E-state index contributed by atoms with van der Waals surface area (Å²) in [6.45, 7) is 2.01. The van der Waals surface area contributed by atoms with Crippen molar-refractivity contribution in [3.63, 3.8) is 0 Å². The van der Waals surface area contributed by atoms with Crippen molar-refractivity contribution in [2.75, 3.05) is 5.73 Å². The molecule has 3 rings (SSSR count). The second-order valence-electron chi connectivity index (χ2n) is 4.16. The Morgan fingerprint density at radius 1 is 1.37 bits per heavy atom. The van der Waals surface area contributed by atoms with Crippen LogP contribution in [0.1, 0.15) is 11.4 Å². The Hall–Kier alpha value is -2.28. The van der Waals surface area contributed by atoms with Gasteiger partial charge in [-0.15, -0.1) is 5.10 Å². The number of hydrogen-bond donors (Lipinski definition) is 1. The molecule has 0 fully saturated rings. The molecule has 3 aromatic rings. The minimum atomic E-state index is -0.133. The van der Waals surface area contributed by atoms with Gasteiger partial charge in [0.2, 0.25) is 0 Å². The predicted octanol–water partition coefficient (Wildman–Crippen LogP) is 1.19. The van der Waals surface area contributed by atoms with Gasteiger partial charge in [0, 0.05) is 11.5 Å². The summed E-state index contributed by atoms with van der Waals surface area (Å²) in [5.41, 5.74) is 8.27. The highest BCUT2D eigenvalue weighted by atomic mass is 32.1. The van der Waals surface area contributed by atoms with Crippen LogP contribution in [0.5, 0.6) is 0 Å². The molecule has 0 saturated heterocycles. The van der Waals surface area contributed by atoms with Crippen LogP contribution in [0, 0.1) is 6.92 Å². The Balaban J connectivity index is 2.24. The van der Waals surface area contributed by atoms with E-state index in [2.05, 4.69) is 14.6 Å². The van der Waals surface area contributed by atoms with Crippen LogP contribution in [0.4, 0.5) is 5.00 Å². The molecule has 0 aliphatic heterocycles. The van der Waals surface area contributed by atoms with E-state index in [0.717, 1.165) is 22.6 Å². The zero-order chi connectivity index (χ0) is 13.4. The van der Waals surface area contributed by atoms with Crippen LogP contribution in [0.3, 0.4) is 0 Å². The molecule has 0 amide bonds. The van der Waals surface area contributed by atoms with Gasteiger partial charge in [-0.1, -0.05) is 16.6 Å². The molecule has 0 unspecified atom stereocenters. The van der Waals surface area contributed by atoms with Gasteiger partial charge in [0.15, 0.2) is 0 Å². The van der Waals surface area contributed by atoms with E-state index in [-0.39, 0.29) is 5.56 Å². The lowest BCUT2D eigenvalue weighted by Gasteiger charge is -2.09. The molecule has 2 aromatic heterocycles. The minimum absolute atomic E-state index is 0.133. The lowest BCUT2D eigenvalue weighted by molar-refractivity contribution is 0.753. The fourth-order valence-corrected chi connectivity index (χ4v) is 2.39. The number of nitrogens with two attached hydrogens (primary N) is 1. The third-order valence-electron chi connectivity index (χ3n) is 2.91. The van der Waals surface area contributed by atoms with Crippen molar-refractivity contribution >= 4 is 27.6 Å². The largest absolute Gasteiger partial charge is 0.388 e. The summed E-state index contributed by atoms with van der Waals surface area (Å²) < 4.78 is 5.42. The quantitative estimate of drug-likeness (QED) is 0.757. The van der Waals surface area contributed by atoms with Gasteiger partial charge < -0.3 is 5.73 Å². The first-order valence-corrected chi connectivity index (χ1v) is 6.47. The van der Waals surface area contributed by atoms with Crippen LogP contribution in [0.25, 0.3) is 11.0 Å². The highest BCUT2D eigenvalue weighted by molar-refractivity contribution is 7.09. The molecule has 0 saturated carbocycles. The van der Waals surface area contributed by atoms with Crippen LogP contribution in [0.15, 0.2) is 29.1 Å². The van der Waals surface area contributed by atoms with E-state index in [1.54, 1.807) is 11.5 Å². The van der Waals surface area contributed by atoms with Gasteiger partial charge in [-0.05, 0) is 19.1 Å². The highest BCUT2D eigenvalue weighted by Gasteiger charge is 2.11. The third kappa shape index (κ3) is 1.97. The van der Waals surface area contributed by atoms with Crippen molar-refractivity contribution in [1.82, 2.24) is 19.1 Å². The number of aromatic nitrogens is 4. The lowest BCUT2D eigenvalue weighted by Crippen LogP contribution is -2.25. The van der Waals surface area contributed by atoms with E-state index in [1.165, 1.54) is 0 Å². The fourth-order valence-electron chi connectivity index (χ4n) is 1.95. The third-order valence-corrected chi connectivity index (χ3v) is 3.50. The number of nitrogens with zero attached hydrogens (tertiary/aromatic N) is 4. The average Bonchev–Trinajstić information content (AvgIpc) is 2.80. The van der Waals surface area contributed by atoms with Crippen LogP contribution < -0.4 is 11.3 Å². The van der Waals surface area contributed by atoms with Gasteiger partial charge in [-0.3, -0.25) is 9.36 Å². The van der Waals surface area contributed by atoms with Gasteiger partial charge in [0.25, 0.3) is 5.56 Å². The van der Waals surface area contributed by atoms with E-state index < -0.39 is 0 Å². The molecule has 0 bridgehead atoms. The van der Waals surface area contributed by atoms with Gasteiger partial charge in [-0.2, -0.15) is 0 Å². The van der Waals surface area contributed by atoms with Crippen molar-refractivity contribution in [3.8, 4) is 0 Å². The molecule has 1 aromatic carbocycles. The second kappa shape index (κ2) is 4.43. The summed E-state index contributed by atoms with van der Waals surface area (Å²) in [6.07, 6.45) is 0. The van der Waals surface area contributed by atoms with Gasteiger partial charge in [0.05, 0.1) is 17.6 Å². The summed E-state index contributed by atoms with van der Waals surface area (Å²) in [7, 11) is 0. The molecule has 7 heteroatoms. The lowest BCUT2D eigenvalue weighted by atomic mass is 10.2. The number of anilines is 1. The SMILES string of the molecule is Cc1nc2ccccc2n(Cc2nnsc2N)c1=O. The summed E-state index contributed by atoms with van der Waals surface area (Å²) in [4.78, 5) is 16.5. The first-order valence-electron chi connectivity index (χ1n) is 5.69. The van der Waals surface area contributed by atoms with Gasteiger partial charge in [-0.25, -0.2) is 4.98 Å². The Bertz CT molecular complexity index is 807. The van der Waals surface area contributed by atoms with Crippen LogP contribution in [0.2, 0.25) is 0 Å². The Morgan fingerprint density at radius 3 is 2.89 bits per heavy atom. The van der Waals surface area contributed by atoms with E-state index >= 15 is 0 Å². The Kier molecular flexibility index (Phi) is 2.75. The van der Waals surface area contributed by atoms with E-state index in [1.807, 2.05) is 24.3 Å². The topological polar surface area (TPSA) is 86.7 Å². The van der Waals surface area contributed by atoms with Crippen molar-refractivity contribution < 1.29 is 0 Å². The molecular weight excluding hydrogens is 262 g/mol. The van der Waals surface area contributed by atoms with Crippen LogP contribution in [-0.2, 0) is 6.54 Å². The molecule has 0 aliphatic carbocycles. The van der Waals surface area contributed by atoms with Crippen molar-refractivity contribution in [2.24, 2.45) is 0 Å². The number of rotatable bonds is 2. The first kappa shape index (κ1) is 11.8. The molecule has 0 radical (unpaired) electrons. The van der Waals surface area contributed by atoms with Crippen molar-refractivity contribution in [2.45, 2.75) is 13.5 Å². The number of para-hydroxylation sites is 2. The Labute approximate surface area is 112 Å². The molecule has 96 valence electrons. The molecule has 19 heavy (non-hydrogen) atoms. The summed E-state index contributed by atoms with van der Waals surface area (Å²) in [6, 6.07) is 7.50. The summed E-state index contributed by atoms with van der Waals surface area (Å²) >= 11 is 1.12. The standard InChI is InChI=1S/C12H11N5OS/c1-7-12(18)17(6-9-11(13)19-16-15-9)10-5-3-2-4-8(10)14-7/h2-5H,6,13H2,1H3. The molecule has 6 nitrogen and oxygen atoms in total. The van der Waals surface area contributed by atoms with Crippen LogP contribution in [-0.4, -0.2) is 19.1 Å². The van der Waals surface area contributed by atoms with Gasteiger partial charge in [0.1, 0.15) is 16.4 Å². The summed E-state index contributed by atoms with van der Waals surface area (Å²) in [5.74, 6) is 0. The minimum Gasteiger partial charge on any atom is -0.388 e.